The molecule has 0 aromatic heterocycles. The largest absolute Gasteiger partial charge is 0.350 e. The Balaban J connectivity index is 1.58. The van der Waals surface area contributed by atoms with Crippen LogP contribution in [0.4, 0.5) is 4.79 Å². The third-order valence-corrected chi connectivity index (χ3v) is 5.73. The molecular weight excluding hydrogens is 412 g/mol. The maximum absolute atomic E-state index is 12.7. The molecule has 0 saturated carbocycles. The highest BCUT2D eigenvalue weighted by Crippen LogP contribution is 2.29. The summed E-state index contributed by atoms with van der Waals surface area (Å²) in [5, 5.41) is 9.39. The van der Waals surface area contributed by atoms with E-state index in [2.05, 4.69) is 20.9 Å². The third-order valence-electron chi connectivity index (χ3n) is 5.39. The molecule has 0 spiro atoms. The minimum absolute atomic E-state index is 0.0584. The molecule has 0 aliphatic carbocycles. The van der Waals surface area contributed by atoms with E-state index >= 15 is 0 Å². The highest BCUT2D eigenvalue weighted by molar-refractivity contribution is 6.31. The van der Waals surface area contributed by atoms with E-state index in [9.17, 15) is 9.59 Å². The summed E-state index contributed by atoms with van der Waals surface area (Å²) >= 11 is 6.45. The number of nitrogens with zero attached hydrogens (tertiary/aromatic N) is 1. The molecule has 6 nitrogen and oxygen atoms in total. The molecule has 31 heavy (non-hydrogen) atoms. The molecule has 1 saturated heterocycles. The second-order valence-corrected chi connectivity index (χ2v) is 8.58. The highest BCUT2D eigenvalue weighted by Gasteiger charge is 2.25. The van der Waals surface area contributed by atoms with Crippen LogP contribution >= 0.6 is 11.6 Å². The first-order valence-corrected chi connectivity index (χ1v) is 11.2. The van der Waals surface area contributed by atoms with Crippen LogP contribution in [0, 0.1) is 0 Å². The Morgan fingerprint density at radius 3 is 2.32 bits per heavy atom. The molecule has 3 amide bonds. The van der Waals surface area contributed by atoms with Crippen LogP contribution in [0.25, 0.3) is 0 Å². The molecule has 1 atom stereocenters. The van der Waals surface area contributed by atoms with E-state index in [1.807, 2.05) is 50.2 Å². The zero-order valence-corrected chi connectivity index (χ0v) is 18.9. The monoisotopic (exact) mass is 442 g/mol. The molecule has 3 rings (SSSR count). The summed E-state index contributed by atoms with van der Waals surface area (Å²) < 4.78 is 0. The smallest absolute Gasteiger partial charge is 0.315 e. The van der Waals surface area contributed by atoms with Crippen molar-refractivity contribution in [1.82, 2.24) is 20.9 Å². The molecule has 1 heterocycles. The van der Waals surface area contributed by atoms with E-state index < -0.39 is 0 Å². The van der Waals surface area contributed by atoms with Gasteiger partial charge in [0.05, 0.1) is 6.04 Å². The van der Waals surface area contributed by atoms with E-state index in [4.69, 9.17) is 11.6 Å². The number of nitrogens with one attached hydrogen (secondary N) is 3. The number of hydrogen-bond donors (Lipinski definition) is 3. The van der Waals surface area contributed by atoms with Gasteiger partial charge in [-0.3, -0.25) is 9.69 Å². The topological polar surface area (TPSA) is 73.5 Å². The van der Waals surface area contributed by atoms with Gasteiger partial charge in [0.15, 0.2) is 0 Å². The van der Waals surface area contributed by atoms with Gasteiger partial charge in [-0.1, -0.05) is 41.9 Å². The van der Waals surface area contributed by atoms with Crippen molar-refractivity contribution in [3.05, 3.63) is 70.2 Å². The minimum Gasteiger partial charge on any atom is -0.350 e. The molecule has 0 bridgehead atoms. The zero-order chi connectivity index (χ0) is 22.2. The first-order valence-electron chi connectivity index (χ1n) is 10.8. The van der Waals surface area contributed by atoms with Gasteiger partial charge in [-0.25, -0.2) is 4.79 Å². The van der Waals surface area contributed by atoms with Crippen molar-refractivity contribution >= 4 is 23.5 Å². The molecule has 1 fully saturated rings. The summed E-state index contributed by atoms with van der Waals surface area (Å²) in [6.07, 6.45) is 2.33. The molecule has 1 aliphatic heterocycles. The van der Waals surface area contributed by atoms with Crippen molar-refractivity contribution in [2.24, 2.45) is 0 Å². The van der Waals surface area contributed by atoms with Crippen molar-refractivity contribution in [3.63, 3.8) is 0 Å². The Morgan fingerprint density at radius 1 is 1.00 bits per heavy atom. The van der Waals surface area contributed by atoms with Crippen molar-refractivity contribution in [2.75, 3.05) is 19.6 Å². The first-order chi connectivity index (χ1) is 14.9. The SMILES string of the molecule is CC(C)NC(=O)NCc1ccc(C(=O)NCC(c2ccccc2Cl)N2CCCC2)cc1. The molecular formula is C24H31ClN4O2. The predicted octanol–water partition coefficient (Wildman–Crippen LogP) is 4.11. The zero-order valence-electron chi connectivity index (χ0n) is 18.2. The van der Waals surface area contributed by atoms with Gasteiger partial charge in [-0.2, -0.15) is 0 Å². The number of amides is 3. The fourth-order valence-corrected chi connectivity index (χ4v) is 4.06. The highest BCUT2D eigenvalue weighted by atomic mass is 35.5. The van der Waals surface area contributed by atoms with Crippen molar-refractivity contribution in [2.45, 2.75) is 45.3 Å². The average Bonchev–Trinajstić information content (AvgIpc) is 3.28. The molecule has 1 aliphatic rings. The summed E-state index contributed by atoms with van der Waals surface area (Å²) in [4.78, 5) is 26.8. The summed E-state index contributed by atoms with van der Waals surface area (Å²) in [6.45, 7) is 6.75. The molecule has 3 N–H and O–H groups in total. The number of halogens is 1. The number of carbonyl (C=O) groups is 2. The van der Waals surface area contributed by atoms with Crippen LogP contribution in [0.5, 0.6) is 0 Å². The van der Waals surface area contributed by atoms with Gasteiger partial charge in [0.25, 0.3) is 5.91 Å². The number of likely N-dealkylation sites (tertiary alicyclic amines) is 1. The lowest BCUT2D eigenvalue weighted by Crippen LogP contribution is -2.39. The van der Waals surface area contributed by atoms with Crippen LogP contribution in [-0.4, -0.2) is 42.5 Å². The first kappa shape index (κ1) is 23.1. The Morgan fingerprint density at radius 2 is 1.68 bits per heavy atom. The maximum Gasteiger partial charge on any atom is 0.315 e. The van der Waals surface area contributed by atoms with Crippen LogP contribution < -0.4 is 16.0 Å². The van der Waals surface area contributed by atoms with Gasteiger partial charge in [0.2, 0.25) is 0 Å². The molecule has 2 aromatic rings. The second-order valence-electron chi connectivity index (χ2n) is 8.17. The summed E-state index contributed by atoms with van der Waals surface area (Å²) in [6, 6.07) is 15.1. The molecule has 2 aromatic carbocycles. The van der Waals surface area contributed by atoms with Gasteiger partial charge in [0.1, 0.15) is 0 Å². The lowest BCUT2D eigenvalue weighted by Gasteiger charge is -2.29. The van der Waals surface area contributed by atoms with E-state index in [-0.39, 0.29) is 24.0 Å². The van der Waals surface area contributed by atoms with Crippen molar-refractivity contribution in [3.8, 4) is 0 Å². The normalized spacial score (nSPS) is 15.0. The van der Waals surface area contributed by atoms with E-state index in [1.165, 1.54) is 12.8 Å². The van der Waals surface area contributed by atoms with Crippen LogP contribution in [0.2, 0.25) is 5.02 Å². The van der Waals surface area contributed by atoms with Crippen molar-refractivity contribution in [1.29, 1.82) is 0 Å². The van der Waals surface area contributed by atoms with Crippen molar-refractivity contribution < 1.29 is 9.59 Å². The average molecular weight is 443 g/mol. The Kier molecular flexibility index (Phi) is 8.32. The number of hydrogen-bond acceptors (Lipinski definition) is 3. The number of carbonyl (C=O) groups excluding carboxylic acids is 2. The molecule has 166 valence electrons. The standard InChI is InChI=1S/C24H31ClN4O2/c1-17(2)28-24(31)27-15-18-9-11-19(12-10-18)23(30)26-16-22(29-13-5-6-14-29)20-7-3-4-8-21(20)25/h3-4,7-12,17,22H,5-6,13-16H2,1-2H3,(H,26,30)(H2,27,28,31). The molecule has 7 heteroatoms. The van der Waals surface area contributed by atoms with Gasteiger partial charge in [-0.15, -0.1) is 0 Å². The summed E-state index contributed by atoms with van der Waals surface area (Å²) in [7, 11) is 0. The fourth-order valence-electron chi connectivity index (χ4n) is 3.80. The van der Waals surface area contributed by atoms with Crippen LogP contribution in [-0.2, 0) is 6.54 Å². The van der Waals surface area contributed by atoms with Crippen LogP contribution in [0.3, 0.4) is 0 Å². The van der Waals surface area contributed by atoms with Gasteiger partial charge in [0, 0.05) is 29.7 Å². The quantitative estimate of drug-likeness (QED) is 0.575. The van der Waals surface area contributed by atoms with E-state index in [0.29, 0.717) is 18.7 Å². The van der Waals surface area contributed by atoms with Crippen LogP contribution in [0.1, 0.15) is 54.2 Å². The number of rotatable bonds is 8. The lowest BCUT2D eigenvalue weighted by atomic mass is 10.0. The summed E-state index contributed by atoms with van der Waals surface area (Å²) in [5.74, 6) is -0.117. The van der Waals surface area contributed by atoms with Gasteiger partial charge < -0.3 is 16.0 Å². The molecule has 1 unspecified atom stereocenters. The third kappa shape index (κ3) is 6.71. The second kappa shape index (κ2) is 11.2. The van der Waals surface area contributed by atoms with Gasteiger partial charge in [-0.05, 0) is 69.1 Å². The fraction of sp³-hybridized carbons (Fsp3) is 0.417. The Hall–Kier alpha value is -2.57. The number of urea groups is 1. The predicted molar refractivity (Wildman–Crippen MR) is 124 cm³/mol. The van der Waals surface area contributed by atoms with E-state index in [0.717, 1.165) is 29.2 Å². The van der Waals surface area contributed by atoms with Gasteiger partial charge >= 0.3 is 6.03 Å². The van der Waals surface area contributed by atoms with E-state index in [1.54, 1.807) is 12.1 Å². The molecule has 0 radical (unpaired) electrons. The Bertz CT molecular complexity index is 879. The summed E-state index contributed by atoms with van der Waals surface area (Å²) in [5.41, 5.74) is 2.57. The minimum atomic E-state index is -0.204. The Labute approximate surface area is 189 Å². The van der Waals surface area contributed by atoms with Crippen LogP contribution in [0.15, 0.2) is 48.5 Å². The number of benzene rings is 2. The lowest BCUT2D eigenvalue weighted by molar-refractivity contribution is 0.0938. The maximum atomic E-state index is 12.7.